The van der Waals surface area contributed by atoms with Crippen molar-refractivity contribution in [1.82, 2.24) is 19.7 Å². The standard InChI is InChI=1S/C20H20N6OS2/c1-11-6-4-8-14(12(11)2)23-15(27)10-28-20-25-24-18(26(20)3)17-16(21)13-7-5-9-22-19(13)29-17/h4-9H,10,21H2,1-3H3,(H,23,27). The van der Waals surface area contributed by atoms with E-state index >= 15 is 0 Å². The van der Waals surface area contributed by atoms with Crippen LogP contribution >= 0.6 is 23.1 Å². The van der Waals surface area contributed by atoms with E-state index < -0.39 is 0 Å². The number of carbonyl (C=O) groups excluding carboxylic acids is 1. The molecule has 29 heavy (non-hydrogen) atoms. The summed E-state index contributed by atoms with van der Waals surface area (Å²) in [5.41, 5.74) is 10.00. The molecule has 3 N–H and O–H groups in total. The minimum absolute atomic E-state index is 0.0844. The summed E-state index contributed by atoms with van der Waals surface area (Å²) >= 11 is 2.82. The maximum atomic E-state index is 12.4. The van der Waals surface area contributed by atoms with Crippen LogP contribution < -0.4 is 11.1 Å². The van der Waals surface area contributed by atoms with E-state index in [0.717, 1.165) is 31.9 Å². The lowest BCUT2D eigenvalue weighted by molar-refractivity contribution is -0.113. The third-order valence-corrected chi connectivity index (χ3v) is 6.90. The van der Waals surface area contributed by atoms with Crippen molar-refractivity contribution in [1.29, 1.82) is 0 Å². The Bertz CT molecular complexity index is 1210. The molecule has 0 aliphatic rings. The molecule has 0 saturated carbocycles. The van der Waals surface area contributed by atoms with E-state index in [1.807, 2.05) is 55.8 Å². The Morgan fingerprint density at radius 2 is 2.07 bits per heavy atom. The molecule has 0 saturated heterocycles. The van der Waals surface area contributed by atoms with Gasteiger partial charge in [0, 0.05) is 24.3 Å². The topological polar surface area (TPSA) is 98.7 Å². The van der Waals surface area contributed by atoms with E-state index in [2.05, 4.69) is 20.5 Å². The van der Waals surface area contributed by atoms with Gasteiger partial charge >= 0.3 is 0 Å². The van der Waals surface area contributed by atoms with Gasteiger partial charge in [0.25, 0.3) is 0 Å². The predicted molar refractivity (Wildman–Crippen MR) is 119 cm³/mol. The highest BCUT2D eigenvalue weighted by Crippen LogP contribution is 2.39. The van der Waals surface area contributed by atoms with E-state index in [9.17, 15) is 4.79 Å². The smallest absolute Gasteiger partial charge is 0.234 e. The van der Waals surface area contributed by atoms with Crippen LogP contribution in [0.2, 0.25) is 0 Å². The van der Waals surface area contributed by atoms with Gasteiger partial charge in [-0.3, -0.25) is 4.79 Å². The van der Waals surface area contributed by atoms with Crippen molar-refractivity contribution < 1.29 is 4.79 Å². The molecule has 4 aromatic rings. The van der Waals surface area contributed by atoms with Crippen molar-refractivity contribution in [3.05, 3.63) is 47.7 Å². The fourth-order valence-corrected chi connectivity index (χ4v) is 4.75. The fraction of sp³-hybridized carbons (Fsp3) is 0.200. The minimum atomic E-state index is -0.0844. The molecule has 7 nitrogen and oxygen atoms in total. The molecule has 0 unspecified atom stereocenters. The normalized spacial score (nSPS) is 11.1. The Labute approximate surface area is 176 Å². The lowest BCUT2D eigenvalue weighted by Gasteiger charge is -2.10. The van der Waals surface area contributed by atoms with Gasteiger partial charge in [0.05, 0.1) is 16.3 Å². The summed E-state index contributed by atoms with van der Waals surface area (Å²) in [7, 11) is 1.87. The van der Waals surface area contributed by atoms with Gasteiger partial charge in [-0.2, -0.15) is 0 Å². The zero-order valence-corrected chi connectivity index (χ0v) is 17.9. The number of benzene rings is 1. The van der Waals surface area contributed by atoms with Crippen LogP contribution in [0, 0.1) is 13.8 Å². The van der Waals surface area contributed by atoms with Gasteiger partial charge in [-0.25, -0.2) is 4.98 Å². The molecular weight excluding hydrogens is 404 g/mol. The molecule has 4 rings (SSSR count). The maximum absolute atomic E-state index is 12.4. The van der Waals surface area contributed by atoms with Gasteiger partial charge < -0.3 is 15.6 Å². The molecule has 0 aliphatic carbocycles. The second kappa shape index (κ2) is 7.84. The van der Waals surface area contributed by atoms with Crippen LogP contribution in [-0.2, 0) is 11.8 Å². The number of nitrogens with two attached hydrogens (primary N) is 1. The Morgan fingerprint density at radius 1 is 1.24 bits per heavy atom. The number of nitrogens with one attached hydrogen (secondary N) is 1. The van der Waals surface area contributed by atoms with Gasteiger partial charge in [0.2, 0.25) is 5.91 Å². The number of hydrogen-bond donors (Lipinski definition) is 2. The largest absolute Gasteiger partial charge is 0.397 e. The molecule has 0 atom stereocenters. The molecule has 0 aliphatic heterocycles. The number of thioether (sulfide) groups is 1. The number of thiophene rings is 1. The quantitative estimate of drug-likeness (QED) is 0.470. The molecule has 1 aromatic carbocycles. The molecule has 0 radical (unpaired) electrons. The number of pyridine rings is 1. The molecule has 0 bridgehead atoms. The van der Waals surface area contributed by atoms with E-state index in [-0.39, 0.29) is 11.7 Å². The number of rotatable bonds is 5. The molecular formula is C20H20N6OS2. The van der Waals surface area contributed by atoms with Crippen LogP contribution in [0.4, 0.5) is 11.4 Å². The number of carbonyl (C=O) groups is 1. The highest BCUT2D eigenvalue weighted by molar-refractivity contribution is 7.99. The average Bonchev–Trinajstić information content (AvgIpc) is 3.24. The molecule has 0 spiro atoms. The second-order valence-electron chi connectivity index (χ2n) is 6.65. The highest BCUT2D eigenvalue weighted by Gasteiger charge is 2.19. The molecule has 148 valence electrons. The van der Waals surface area contributed by atoms with E-state index in [1.54, 1.807) is 6.20 Å². The summed E-state index contributed by atoms with van der Waals surface area (Å²) in [6, 6.07) is 9.67. The third-order valence-electron chi connectivity index (χ3n) is 4.75. The first-order chi connectivity index (χ1) is 14.0. The van der Waals surface area contributed by atoms with Gasteiger partial charge in [-0.1, -0.05) is 23.9 Å². The number of nitrogens with zero attached hydrogens (tertiary/aromatic N) is 4. The number of hydrogen-bond acceptors (Lipinski definition) is 7. The summed E-state index contributed by atoms with van der Waals surface area (Å²) in [6.07, 6.45) is 1.74. The van der Waals surface area contributed by atoms with Crippen LogP contribution in [0.5, 0.6) is 0 Å². The summed E-state index contributed by atoms with van der Waals surface area (Å²) in [5, 5.41) is 13.1. The van der Waals surface area contributed by atoms with Crippen molar-refractivity contribution >= 4 is 50.6 Å². The zero-order chi connectivity index (χ0) is 20.5. The Morgan fingerprint density at radius 3 is 2.86 bits per heavy atom. The minimum Gasteiger partial charge on any atom is -0.397 e. The van der Waals surface area contributed by atoms with E-state index in [4.69, 9.17) is 5.73 Å². The van der Waals surface area contributed by atoms with Crippen LogP contribution in [0.3, 0.4) is 0 Å². The molecule has 9 heteroatoms. The summed E-state index contributed by atoms with van der Waals surface area (Å²) < 4.78 is 1.86. The SMILES string of the molecule is Cc1cccc(NC(=O)CSc2nnc(-c3sc4ncccc4c3N)n2C)c1C. The van der Waals surface area contributed by atoms with Crippen LogP contribution in [0.1, 0.15) is 11.1 Å². The van der Waals surface area contributed by atoms with Gasteiger partial charge in [-0.15, -0.1) is 21.5 Å². The van der Waals surface area contributed by atoms with Crippen molar-refractivity contribution in [2.24, 2.45) is 7.05 Å². The first-order valence-electron chi connectivity index (χ1n) is 8.97. The lowest BCUT2D eigenvalue weighted by atomic mass is 10.1. The number of aromatic nitrogens is 4. The Kier molecular flexibility index (Phi) is 5.25. The van der Waals surface area contributed by atoms with Gasteiger partial charge in [0.1, 0.15) is 4.83 Å². The number of aryl methyl sites for hydroxylation is 1. The van der Waals surface area contributed by atoms with Crippen LogP contribution in [0.25, 0.3) is 20.9 Å². The highest BCUT2D eigenvalue weighted by atomic mass is 32.2. The molecule has 1 amide bonds. The zero-order valence-electron chi connectivity index (χ0n) is 16.3. The predicted octanol–water partition coefficient (Wildman–Crippen LogP) is 4.02. The summed E-state index contributed by atoms with van der Waals surface area (Å²) in [5.74, 6) is 0.824. The summed E-state index contributed by atoms with van der Waals surface area (Å²) in [6.45, 7) is 4.02. The van der Waals surface area contributed by atoms with Crippen LogP contribution in [-0.4, -0.2) is 31.4 Å². The van der Waals surface area contributed by atoms with Crippen LogP contribution in [0.15, 0.2) is 41.7 Å². The van der Waals surface area contributed by atoms with Gasteiger partial charge in [-0.05, 0) is 43.2 Å². The Balaban J connectivity index is 1.49. The fourth-order valence-electron chi connectivity index (χ4n) is 2.96. The molecule has 3 heterocycles. The molecule has 3 aromatic heterocycles. The maximum Gasteiger partial charge on any atom is 0.234 e. The number of fused-ring (bicyclic) bond motifs is 1. The van der Waals surface area contributed by atoms with Crippen molar-refractivity contribution in [3.8, 4) is 10.7 Å². The first kappa shape index (κ1) is 19.4. The number of amides is 1. The van der Waals surface area contributed by atoms with Gasteiger partial charge in [0.15, 0.2) is 11.0 Å². The summed E-state index contributed by atoms with van der Waals surface area (Å²) in [4.78, 5) is 18.5. The first-order valence-corrected chi connectivity index (χ1v) is 10.8. The van der Waals surface area contributed by atoms with Crippen molar-refractivity contribution in [2.45, 2.75) is 19.0 Å². The van der Waals surface area contributed by atoms with E-state index in [0.29, 0.717) is 16.7 Å². The Hall–Kier alpha value is -2.91. The number of anilines is 2. The monoisotopic (exact) mass is 424 g/mol. The third kappa shape index (κ3) is 3.70. The average molecular weight is 425 g/mol. The second-order valence-corrected chi connectivity index (χ2v) is 8.59. The molecule has 0 fully saturated rings. The lowest BCUT2D eigenvalue weighted by Crippen LogP contribution is -2.15. The van der Waals surface area contributed by atoms with Crippen molar-refractivity contribution in [3.63, 3.8) is 0 Å². The van der Waals surface area contributed by atoms with E-state index in [1.165, 1.54) is 23.1 Å². The van der Waals surface area contributed by atoms with Crippen molar-refractivity contribution in [2.75, 3.05) is 16.8 Å². The number of nitrogen functional groups attached to an aromatic ring is 1.